The summed E-state index contributed by atoms with van der Waals surface area (Å²) in [6.07, 6.45) is 7.20. The van der Waals surface area contributed by atoms with Crippen molar-refractivity contribution in [1.82, 2.24) is 19.7 Å². The number of hydrogen-bond acceptors (Lipinski definition) is 5. The highest BCUT2D eigenvalue weighted by Gasteiger charge is 2.32. The van der Waals surface area contributed by atoms with Gasteiger partial charge in [-0.15, -0.1) is 10.2 Å². The molecule has 1 atom stereocenters. The lowest BCUT2D eigenvalue weighted by atomic mass is 9.95. The van der Waals surface area contributed by atoms with Gasteiger partial charge < -0.3 is 9.47 Å². The van der Waals surface area contributed by atoms with Crippen molar-refractivity contribution in [3.8, 4) is 0 Å². The van der Waals surface area contributed by atoms with Crippen molar-refractivity contribution in [2.75, 3.05) is 30.3 Å². The van der Waals surface area contributed by atoms with E-state index in [0.29, 0.717) is 23.1 Å². The van der Waals surface area contributed by atoms with Crippen LogP contribution in [0.15, 0.2) is 6.33 Å². The summed E-state index contributed by atoms with van der Waals surface area (Å²) in [6, 6.07) is 0.639. The van der Waals surface area contributed by atoms with E-state index in [1.54, 1.807) is 0 Å². The van der Waals surface area contributed by atoms with Gasteiger partial charge in [0, 0.05) is 54.0 Å². The predicted octanol–water partition coefficient (Wildman–Crippen LogP) is 2.56. The van der Waals surface area contributed by atoms with Crippen LogP contribution in [-0.4, -0.2) is 61.2 Å². The number of amides is 1. The molecule has 1 unspecified atom stereocenters. The van der Waals surface area contributed by atoms with Crippen LogP contribution in [0, 0.1) is 0 Å². The molecular weight excluding hydrogens is 328 g/mol. The van der Waals surface area contributed by atoms with Gasteiger partial charge in [0.1, 0.15) is 12.2 Å². The van der Waals surface area contributed by atoms with Gasteiger partial charge in [-0.05, 0) is 25.7 Å². The van der Waals surface area contributed by atoms with Crippen molar-refractivity contribution >= 4 is 29.4 Å². The summed E-state index contributed by atoms with van der Waals surface area (Å²) in [5.74, 6) is 5.55. The lowest BCUT2D eigenvalue weighted by Gasteiger charge is -2.33. The Balaban J connectivity index is 1.30. The smallest absolute Gasteiger partial charge is 0.223 e. The van der Waals surface area contributed by atoms with Gasteiger partial charge >= 0.3 is 0 Å². The fourth-order valence-electron chi connectivity index (χ4n) is 3.54. The minimum absolute atomic E-state index is 0.354. The van der Waals surface area contributed by atoms with Crippen LogP contribution < -0.4 is 0 Å². The molecule has 0 spiro atoms. The van der Waals surface area contributed by atoms with Gasteiger partial charge in [-0.25, -0.2) is 0 Å². The fourth-order valence-corrected chi connectivity index (χ4v) is 6.21. The normalized spacial score (nSPS) is 26.4. The topological polar surface area (TPSA) is 51.0 Å². The molecule has 1 aromatic rings. The van der Waals surface area contributed by atoms with E-state index in [9.17, 15) is 4.79 Å². The summed E-state index contributed by atoms with van der Waals surface area (Å²) < 4.78 is 2.28. The molecule has 1 saturated carbocycles. The summed E-state index contributed by atoms with van der Waals surface area (Å²) in [5, 5.41) is 9.01. The monoisotopic (exact) mass is 352 g/mol. The van der Waals surface area contributed by atoms with E-state index >= 15 is 0 Å². The van der Waals surface area contributed by atoms with Gasteiger partial charge in [0.25, 0.3) is 0 Å². The summed E-state index contributed by atoms with van der Waals surface area (Å²) in [5.41, 5.74) is 0. The quantitative estimate of drug-likeness (QED) is 0.833. The molecule has 23 heavy (non-hydrogen) atoms. The number of piperidine rings is 1. The molecule has 7 heteroatoms. The highest BCUT2D eigenvalue weighted by Crippen LogP contribution is 2.38. The minimum Gasteiger partial charge on any atom is -0.343 e. The predicted molar refractivity (Wildman–Crippen MR) is 95.0 cm³/mol. The number of hydrogen-bond donors (Lipinski definition) is 0. The number of rotatable bonds is 4. The number of likely N-dealkylation sites (tertiary alicyclic amines) is 1. The highest BCUT2D eigenvalue weighted by atomic mass is 32.2. The first-order chi connectivity index (χ1) is 11.3. The Morgan fingerprint density at radius 1 is 1.22 bits per heavy atom. The Bertz CT molecular complexity index is 546. The van der Waals surface area contributed by atoms with Gasteiger partial charge in [-0.1, -0.05) is 0 Å². The number of thioether (sulfide) groups is 2. The van der Waals surface area contributed by atoms with E-state index in [1.165, 1.54) is 24.3 Å². The van der Waals surface area contributed by atoms with Crippen molar-refractivity contribution in [2.24, 2.45) is 0 Å². The molecule has 1 aromatic heterocycles. The molecule has 0 bridgehead atoms. The van der Waals surface area contributed by atoms with Crippen LogP contribution in [-0.2, 0) is 4.79 Å². The largest absolute Gasteiger partial charge is 0.343 e. The average molecular weight is 353 g/mol. The van der Waals surface area contributed by atoms with Crippen molar-refractivity contribution in [2.45, 2.75) is 49.3 Å². The molecular formula is C16H24N4OS2. The number of carbonyl (C=O) groups excluding carboxylic acids is 1. The molecule has 0 radical (unpaired) electrons. The van der Waals surface area contributed by atoms with Crippen LogP contribution in [0.4, 0.5) is 0 Å². The number of carbonyl (C=O) groups is 1. The Morgan fingerprint density at radius 3 is 2.74 bits per heavy atom. The highest BCUT2D eigenvalue weighted by molar-refractivity contribution is 8.06. The van der Waals surface area contributed by atoms with E-state index in [0.717, 1.165) is 43.9 Å². The average Bonchev–Trinajstić information content (AvgIpc) is 3.33. The van der Waals surface area contributed by atoms with Crippen molar-refractivity contribution in [1.29, 1.82) is 0 Å². The third-order valence-electron chi connectivity index (χ3n) is 5.04. The van der Waals surface area contributed by atoms with E-state index in [2.05, 4.69) is 19.7 Å². The molecule has 3 aliphatic rings. The number of nitrogens with zero attached hydrogens (tertiary/aromatic N) is 4. The fraction of sp³-hybridized carbons (Fsp3) is 0.812. The van der Waals surface area contributed by atoms with Crippen molar-refractivity contribution in [3.63, 3.8) is 0 Å². The molecule has 2 aliphatic heterocycles. The van der Waals surface area contributed by atoms with Crippen LogP contribution in [0.5, 0.6) is 0 Å². The van der Waals surface area contributed by atoms with Crippen molar-refractivity contribution < 1.29 is 4.79 Å². The maximum absolute atomic E-state index is 12.5. The Kier molecular flexibility index (Phi) is 4.85. The second-order valence-electron chi connectivity index (χ2n) is 6.75. The molecule has 3 fully saturated rings. The third-order valence-corrected chi connectivity index (χ3v) is 7.89. The van der Waals surface area contributed by atoms with Crippen LogP contribution in [0.1, 0.15) is 49.9 Å². The second kappa shape index (κ2) is 7.05. The molecule has 2 saturated heterocycles. The summed E-state index contributed by atoms with van der Waals surface area (Å²) in [4.78, 5) is 14.6. The lowest BCUT2D eigenvalue weighted by Crippen LogP contribution is -2.40. The molecule has 1 aliphatic carbocycles. The third kappa shape index (κ3) is 3.71. The van der Waals surface area contributed by atoms with Crippen LogP contribution in [0.2, 0.25) is 0 Å². The molecule has 5 nitrogen and oxygen atoms in total. The Hall–Kier alpha value is -0.690. The van der Waals surface area contributed by atoms with Gasteiger partial charge in [0.05, 0.1) is 0 Å². The molecule has 1 amide bonds. The lowest BCUT2D eigenvalue weighted by molar-refractivity contribution is -0.132. The van der Waals surface area contributed by atoms with Gasteiger partial charge in [-0.2, -0.15) is 23.5 Å². The first-order valence-corrected chi connectivity index (χ1v) is 10.9. The first kappa shape index (κ1) is 15.8. The van der Waals surface area contributed by atoms with Gasteiger partial charge in [0.15, 0.2) is 0 Å². The second-order valence-corrected chi connectivity index (χ2v) is 9.31. The van der Waals surface area contributed by atoms with E-state index in [1.807, 2.05) is 29.9 Å². The number of aromatic nitrogens is 3. The maximum atomic E-state index is 12.5. The van der Waals surface area contributed by atoms with Crippen LogP contribution in [0.25, 0.3) is 0 Å². The van der Waals surface area contributed by atoms with E-state index in [4.69, 9.17) is 0 Å². The van der Waals surface area contributed by atoms with Gasteiger partial charge in [0.2, 0.25) is 5.91 Å². The SMILES string of the molecule is O=C(CC1CSCCS1)N1CCC(c2nncn2C2CC2)CC1. The van der Waals surface area contributed by atoms with Gasteiger partial charge in [-0.3, -0.25) is 4.79 Å². The zero-order chi connectivity index (χ0) is 15.6. The van der Waals surface area contributed by atoms with Crippen molar-refractivity contribution in [3.05, 3.63) is 12.2 Å². The summed E-state index contributed by atoms with van der Waals surface area (Å²) in [7, 11) is 0. The standard InChI is InChI=1S/C16H24N4OS2/c21-15(9-14-10-22-7-8-23-14)19-5-3-12(4-6-19)16-18-17-11-20(16)13-1-2-13/h11-14H,1-10H2. The summed E-state index contributed by atoms with van der Waals surface area (Å²) >= 11 is 3.97. The van der Waals surface area contributed by atoms with Crippen LogP contribution in [0.3, 0.4) is 0 Å². The maximum Gasteiger partial charge on any atom is 0.223 e. The molecule has 126 valence electrons. The molecule has 3 heterocycles. The Morgan fingerprint density at radius 2 is 2.04 bits per heavy atom. The zero-order valence-electron chi connectivity index (χ0n) is 13.4. The first-order valence-electron chi connectivity index (χ1n) is 8.68. The van der Waals surface area contributed by atoms with E-state index in [-0.39, 0.29) is 0 Å². The Labute approximate surface area is 146 Å². The zero-order valence-corrected chi connectivity index (χ0v) is 15.0. The molecule has 0 aromatic carbocycles. The minimum atomic E-state index is 0.354. The molecule has 4 rings (SSSR count). The summed E-state index contributed by atoms with van der Waals surface area (Å²) in [6.45, 7) is 1.76. The van der Waals surface area contributed by atoms with E-state index < -0.39 is 0 Å². The van der Waals surface area contributed by atoms with Crippen LogP contribution >= 0.6 is 23.5 Å². The molecule has 0 N–H and O–H groups in total.